The average Bonchev–Trinajstić information content (AvgIpc) is 3.63. The molecule has 16 heteroatoms. The SMILES string of the molecule is CCCCc1cn(C(=O)OCC(=O)[C@]2(O)Cc3c(O)c4c(c(O)c3C(OC3C[C@@H](C)[C@@H](O)[C@@H](NC(=O)OC(C)(C)C)C3)C2)C(=O)c2c(OC)cccc2C4=O)cn1. The Morgan fingerprint density at radius 2 is 1.77 bits per heavy atom. The number of alkyl carbamates (subject to hydrolysis) is 1. The molecule has 6 rings (SSSR count). The van der Waals surface area contributed by atoms with Gasteiger partial charge in [0.2, 0.25) is 11.6 Å². The molecule has 5 N–H and O–H groups in total. The number of hydrogen-bond donors (Lipinski definition) is 5. The zero-order valence-corrected chi connectivity index (χ0v) is 32.8. The number of unbranched alkanes of at least 4 members (excludes halogenated alkanes) is 1. The third-order valence-electron chi connectivity index (χ3n) is 10.8. The van der Waals surface area contributed by atoms with Gasteiger partial charge in [0.05, 0.1) is 53.8 Å². The number of aliphatic hydroxyl groups is 2. The highest BCUT2D eigenvalue weighted by Crippen LogP contribution is 2.53. The van der Waals surface area contributed by atoms with E-state index >= 15 is 0 Å². The number of phenols is 2. The lowest BCUT2D eigenvalue weighted by molar-refractivity contribution is -0.151. The summed E-state index contributed by atoms with van der Waals surface area (Å²) in [5.41, 5.74) is -4.11. The molecule has 57 heavy (non-hydrogen) atoms. The van der Waals surface area contributed by atoms with Crippen molar-refractivity contribution >= 4 is 29.5 Å². The van der Waals surface area contributed by atoms with Gasteiger partial charge in [-0.05, 0) is 58.4 Å². The summed E-state index contributed by atoms with van der Waals surface area (Å²) in [6, 6.07) is 3.50. The third-order valence-corrected chi connectivity index (χ3v) is 10.8. The second-order valence-electron chi connectivity index (χ2n) is 16.1. The minimum atomic E-state index is -2.38. The van der Waals surface area contributed by atoms with Gasteiger partial charge >= 0.3 is 12.2 Å². The minimum Gasteiger partial charge on any atom is -0.507 e. The van der Waals surface area contributed by atoms with Crippen LogP contribution >= 0.6 is 0 Å². The van der Waals surface area contributed by atoms with E-state index in [1.165, 1.54) is 37.8 Å². The summed E-state index contributed by atoms with van der Waals surface area (Å²) in [6.07, 6.45) is -0.614. The second kappa shape index (κ2) is 15.9. The van der Waals surface area contributed by atoms with E-state index in [0.717, 1.165) is 17.4 Å². The predicted octanol–water partition coefficient (Wildman–Crippen LogP) is 4.46. The van der Waals surface area contributed by atoms with E-state index in [0.29, 0.717) is 12.1 Å². The number of methoxy groups -OCH3 is 1. The molecule has 306 valence electrons. The Bertz CT molecular complexity index is 2100. The molecule has 1 saturated carbocycles. The van der Waals surface area contributed by atoms with Crippen LogP contribution in [0.5, 0.6) is 17.2 Å². The van der Waals surface area contributed by atoms with Crippen LogP contribution in [-0.2, 0) is 31.8 Å². The molecular weight excluding hydrogens is 742 g/mol. The summed E-state index contributed by atoms with van der Waals surface area (Å²) in [7, 11) is 1.32. The van der Waals surface area contributed by atoms with Crippen LogP contribution in [0.25, 0.3) is 0 Å². The van der Waals surface area contributed by atoms with Gasteiger partial charge < -0.3 is 44.7 Å². The quantitative estimate of drug-likeness (QED) is 0.140. The molecule has 2 aromatic carbocycles. The molecule has 1 heterocycles. The number of aromatic hydroxyl groups is 2. The standard InChI is InChI=1S/C41H49N3O13/c1-7-8-10-21-17-44(19-42-21)39(52)55-18-28(45)41(53)15-24-30(27(16-41)56-22-13-20(2)33(46)25(14-22)43-38(51)57-40(3,4)5)37(50)32-31(35(24)48)34(47)23-11-9-12-26(54-6)29(23)36(32)49/h9,11-12,17,19-20,22,25,27,33,46,48,50,53H,7-8,10,13-16,18H2,1-6H3,(H,43,51)/t20-,22?,25+,27?,33-,41+/m1/s1. The van der Waals surface area contributed by atoms with E-state index < -0.39 is 113 Å². The number of benzene rings is 2. The Balaban J connectivity index is 1.36. The van der Waals surface area contributed by atoms with Crippen LogP contribution in [0.1, 0.15) is 121 Å². The number of amides is 1. The molecule has 1 fully saturated rings. The number of fused-ring (bicyclic) bond motifs is 3. The molecule has 0 saturated heterocycles. The first kappa shape index (κ1) is 41.3. The topological polar surface area (TPSA) is 233 Å². The Kier molecular flexibility index (Phi) is 11.5. The number of Topliss-reactive ketones (excluding diaryl/α,β-unsaturated/α-hetero) is 1. The Labute approximate surface area is 329 Å². The second-order valence-corrected chi connectivity index (χ2v) is 16.1. The number of aromatic nitrogens is 2. The summed E-state index contributed by atoms with van der Waals surface area (Å²) in [6.45, 7) is 7.95. The molecule has 1 amide bonds. The van der Waals surface area contributed by atoms with Crippen LogP contribution in [0.4, 0.5) is 9.59 Å². The van der Waals surface area contributed by atoms with E-state index in [1.54, 1.807) is 27.7 Å². The molecular formula is C41H49N3O13. The fourth-order valence-electron chi connectivity index (χ4n) is 7.95. The average molecular weight is 792 g/mol. The number of imidazole rings is 1. The van der Waals surface area contributed by atoms with Crippen LogP contribution in [0.15, 0.2) is 30.7 Å². The van der Waals surface area contributed by atoms with Crippen molar-refractivity contribution in [3.8, 4) is 17.2 Å². The van der Waals surface area contributed by atoms with Crippen LogP contribution in [0.2, 0.25) is 0 Å². The highest BCUT2D eigenvalue weighted by atomic mass is 16.6. The molecule has 0 aliphatic heterocycles. The molecule has 0 radical (unpaired) electrons. The normalized spacial score (nSPS) is 24.2. The summed E-state index contributed by atoms with van der Waals surface area (Å²) >= 11 is 0. The van der Waals surface area contributed by atoms with E-state index in [1.807, 2.05) is 6.92 Å². The van der Waals surface area contributed by atoms with Gasteiger partial charge in [0.1, 0.15) is 34.8 Å². The van der Waals surface area contributed by atoms with Crippen molar-refractivity contribution in [2.24, 2.45) is 5.92 Å². The van der Waals surface area contributed by atoms with E-state index in [2.05, 4.69) is 10.3 Å². The van der Waals surface area contributed by atoms with Crippen molar-refractivity contribution in [2.75, 3.05) is 13.7 Å². The summed E-state index contributed by atoms with van der Waals surface area (Å²) in [5.74, 6) is -4.37. The number of carbonyl (C=O) groups is 5. The van der Waals surface area contributed by atoms with Crippen molar-refractivity contribution < 1.29 is 63.3 Å². The lowest BCUT2D eigenvalue weighted by Crippen LogP contribution is -2.53. The Morgan fingerprint density at radius 1 is 1.05 bits per heavy atom. The fraction of sp³-hybridized carbons (Fsp3) is 0.512. The number of nitrogens with one attached hydrogen (secondary N) is 1. The van der Waals surface area contributed by atoms with Gasteiger partial charge in [0.25, 0.3) is 0 Å². The van der Waals surface area contributed by atoms with Crippen molar-refractivity contribution in [1.82, 2.24) is 14.9 Å². The molecule has 0 spiro atoms. The first-order chi connectivity index (χ1) is 26.9. The number of rotatable bonds is 10. The van der Waals surface area contributed by atoms with Gasteiger partial charge in [0.15, 0.2) is 12.4 Å². The zero-order valence-electron chi connectivity index (χ0n) is 32.8. The summed E-state index contributed by atoms with van der Waals surface area (Å²) in [4.78, 5) is 71.7. The highest BCUT2D eigenvalue weighted by Gasteiger charge is 2.50. The first-order valence-corrected chi connectivity index (χ1v) is 19.0. The number of carbonyl (C=O) groups excluding carboxylic acids is 5. The number of nitrogens with zero attached hydrogens (tertiary/aromatic N) is 2. The summed E-state index contributed by atoms with van der Waals surface area (Å²) in [5, 5.41) is 49.6. The Morgan fingerprint density at radius 3 is 2.46 bits per heavy atom. The van der Waals surface area contributed by atoms with Gasteiger partial charge in [-0.15, -0.1) is 0 Å². The molecule has 1 aromatic heterocycles. The monoisotopic (exact) mass is 791 g/mol. The van der Waals surface area contributed by atoms with Crippen LogP contribution in [0, 0.1) is 5.92 Å². The molecule has 6 atom stereocenters. The molecule has 0 bridgehead atoms. The number of hydrogen-bond acceptors (Lipinski definition) is 14. The number of aryl methyl sites for hydroxylation is 1. The van der Waals surface area contributed by atoms with Crippen molar-refractivity contribution in [2.45, 2.75) is 115 Å². The molecule has 3 aliphatic carbocycles. The number of ether oxygens (including phenoxy) is 4. The van der Waals surface area contributed by atoms with E-state index in [9.17, 15) is 44.4 Å². The molecule has 2 unspecified atom stereocenters. The zero-order chi connectivity index (χ0) is 41.6. The highest BCUT2D eigenvalue weighted by molar-refractivity contribution is 6.31. The Hall–Kier alpha value is -5.32. The van der Waals surface area contributed by atoms with E-state index in [-0.39, 0.29) is 40.8 Å². The van der Waals surface area contributed by atoms with Gasteiger partial charge in [-0.3, -0.25) is 14.4 Å². The fourth-order valence-corrected chi connectivity index (χ4v) is 7.95. The lowest BCUT2D eigenvalue weighted by atomic mass is 9.71. The maximum Gasteiger partial charge on any atom is 0.419 e. The number of ketones is 3. The number of aliphatic hydroxyl groups excluding tert-OH is 1. The largest absolute Gasteiger partial charge is 0.507 e. The van der Waals surface area contributed by atoms with Gasteiger partial charge in [-0.2, -0.15) is 0 Å². The van der Waals surface area contributed by atoms with Gasteiger partial charge in [-0.1, -0.05) is 32.4 Å². The molecule has 3 aromatic rings. The maximum atomic E-state index is 14.1. The van der Waals surface area contributed by atoms with Crippen LogP contribution < -0.4 is 10.1 Å². The van der Waals surface area contributed by atoms with Gasteiger partial charge in [-0.25, -0.2) is 19.1 Å². The van der Waals surface area contributed by atoms with Crippen molar-refractivity contribution in [3.05, 3.63) is 69.8 Å². The predicted molar refractivity (Wildman–Crippen MR) is 201 cm³/mol. The van der Waals surface area contributed by atoms with E-state index in [4.69, 9.17) is 18.9 Å². The van der Waals surface area contributed by atoms with Crippen molar-refractivity contribution in [1.29, 1.82) is 0 Å². The molecule has 16 nitrogen and oxygen atoms in total. The smallest absolute Gasteiger partial charge is 0.419 e. The lowest BCUT2D eigenvalue weighted by Gasteiger charge is -2.43. The third kappa shape index (κ3) is 8.11. The van der Waals surface area contributed by atoms with Crippen molar-refractivity contribution in [3.63, 3.8) is 0 Å². The first-order valence-electron chi connectivity index (χ1n) is 19.0. The van der Waals surface area contributed by atoms with Crippen LogP contribution in [-0.4, -0.2) is 103 Å². The van der Waals surface area contributed by atoms with Gasteiger partial charge in [0, 0.05) is 35.7 Å². The minimum absolute atomic E-state index is 0.0331. The summed E-state index contributed by atoms with van der Waals surface area (Å²) < 4.78 is 23.7. The maximum absolute atomic E-state index is 14.1. The number of phenolic OH excluding ortho intramolecular Hbond substituents is 2. The van der Waals surface area contributed by atoms with Crippen LogP contribution in [0.3, 0.4) is 0 Å². The molecule has 3 aliphatic rings.